The number of rotatable bonds is 3. The molecule has 4 heteroatoms. The van der Waals surface area contributed by atoms with Gasteiger partial charge in [0.05, 0.1) is 0 Å². The SMILES string of the molecule is O=C(NC1CCCCCCC1)[C@H]1Cc2ccccc2N1C(=O)c1ccccc1. The van der Waals surface area contributed by atoms with Gasteiger partial charge in [-0.05, 0) is 36.6 Å². The number of nitrogens with one attached hydrogen (secondary N) is 1. The molecule has 2 aliphatic rings. The van der Waals surface area contributed by atoms with Gasteiger partial charge in [0.25, 0.3) is 5.91 Å². The Hall–Kier alpha value is -2.62. The lowest BCUT2D eigenvalue weighted by Gasteiger charge is -2.28. The summed E-state index contributed by atoms with van der Waals surface area (Å²) in [6, 6.07) is 16.9. The van der Waals surface area contributed by atoms with E-state index in [1.807, 2.05) is 54.6 Å². The summed E-state index contributed by atoms with van der Waals surface area (Å²) in [6.45, 7) is 0. The lowest BCUT2D eigenvalue weighted by Crippen LogP contribution is -2.50. The number of amides is 2. The highest BCUT2D eigenvalue weighted by molar-refractivity contribution is 6.11. The van der Waals surface area contributed by atoms with E-state index >= 15 is 0 Å². The first-order chi connectivity index (χ1) is 13.7. The Balaban J connectivity index is 1.56. The normalized spacial score (nSPS) is 20.1. The number of carbonyl (C=O) groups is 2. The van der Waals surface area contributed by atoms with Gasteiger partial charge in [0.15, 0.2) is 0 Å². The number of benzene rings is 2. The molecule has 28 heavy (non-hydrogen) atoms. The largest absolute Gasteiger partial charge is 0.352 e. The summed E-state index contributed by atoms with van der Waals surface area (Å²) in [4.78, 5) is 28.2. The molecular weight excluding hydrogens is 348 g/mol. The smallest absolute Gasteiger partial charge is 0.259 e. The van der Waals surface area contributed by atoms with Gasteiger partial charge < -0.3 is 5.32 Å². The minimum atomic E-state index is -0.476. The van der Waals surface area contributed by atoms with Crippen molar-refractivity contribution in [1.29, 1.82) is 0 Å². The molecule has 2 aromatic carbocycles. The molecule has 0 radical (unpaired) electrons. The highest BCUT2D eigenvalue weighted by Gasteiger charge is 2.39. The third kappa shape index (κ3) is 3.96. The summed E-state index contributed by atoms with van der Waals surface area (Å²) in [5.74, 6) is -0.130. The molecule has 4 nitrogen and oxygen atoms in total. The summed E-state index contributed by atoms with van der Waals surface area (Å²) >= 11 is 0. The number of nitrogens with zero attached hydrogens (tertiary/aromatic N) is 1. The average Bonchev–Trinajstić information content (AvgIpc) is 3.09. The lowest BCUT2D eigenvalue weighted by molar-refractivity contribution is -0.123. The number of anilines is 1. The second-order valence-electron chi connectivity index (χ2n) is 7.94. The van der Waals surface area contributed by atoms with Crippen LogP contribution in [0.15, 0.2) is 54.6 Å². The van der Waals surface area contributed by atoms with Crippen LogP contribution in [0.1, 0.15) is 60.9 Å². The third-order valence-corrected chi connectivity index (χ3v) is 5.97. The van der Waals surface area contributed by atoms with Crippen LogP contribution in [0.4, 0.5) is 5.69 Å². The molecule has 1 aliphatic carbocycles. The fourth-order valence-corrected chi connectivity index (χ4v) is 4.46. The molecule has 1 saturated carbocycles. The monoisotopic (exact) mass is 376 g/mol. The van der Waals surface area contributed by atoms with Crippen LogP contribution in [-0.2, 0) is 11.2 Å². The zero-order chi connectivity index (χ0) is 19.3. The molecule has 1 N–H and O–H groups in total. The summed E-state index contributed by atoms with van der Waals surface area (Å²) in [6.07, 6.45) is 8.80. The van der Waals surface area contributed by atoms with Crippen molar-refractivity contribution >= 4 is 17.5 Å². The van der Waals surface area contributed by atoms with E-state index in [-0.39, 0.29) is 17.9 Å². The fourth-order valence-electron chi connectivity index (χ4n) is 4.46. The molecule has 1 aliphatic heterocycles. The Morgan fingerprint density at radius 2 is 1.46 bits per heavy atom. The Bertz CT molecular complexity index is 826. The first-order valence-electron chi connectivity index (χ1n) is 10.5. The highest BCUT2D eigenvalue weighted by atomic mass is 16.2. The van der Waals surface area contributed by atoms with Crippen LogP contribution in [0.5, 0.6) is 0 Å². The van der Waals surface area contributed by atoms with E-state index in [2.05, 4.69) is 5.32 Å². The van der Waals surface area contributed by atoms with Crippen molar-refractivity contribution in [2.24, 2.45) is 0 Å². The van der Waals surface area contributed by atoms with Gasteiger partial charge in [-0.25, -0.2) is 0 Å². The molecule has 1 heterocycles. The standard InChI is InChI=1S/C24H28N2O2/c27-23(25-20-14-7-2-1-3-8-15-20)22-17-19-13-9-10-16-21(19)26(22)24(28)18-11-5-4-6-12-18/h4-6,9-13,16,20,22H,1-3,7-8,14-15,17H2,(H,25,27)/t22-/m1/s1. The van der Waals surface area contributed by atoms with Crippen LogP contribution < -0.4 is 10.2 Å². The van der Waals surface area contributed by atoms with Crippen LogP contribution in [-0.4, -0.2) is 23.9 Å². The number of hydrogen-bond donors (Lipinski definition) is 1. The minimum absolute atomic E-state index is 0.0222. The molecule has 146 valence electrons. The van der Waals surface area contributed by atoms with Crippen LogP contribution in [0.2, 0.25) is 0 Å². The molecule has 0 unspecified atom stereocenters. The van der Waals surface area contributed by atoms with Crippen LogP contribution in [0.25, 0.3) is 0 Å². The molecule has 2 amide bonds. The van der Waals surface area contributed by atoms with Gasteiger partial charge in [0.2, 0.25) is 5.91 Å². The Kier molecular flexibility index (Phi) is 5.75. The summed E-state index contributed by atoms with van der Waals surface area (Å²) in [7, 11) is 0. The van der Waals surface area contributed by atoms with Crippen molar-refractivity contribution in [2.75, 3.05) is 4.90 Å². The van der Waals surface area contributed by atoms with Gasteiger partial charge in [-0.2, -0.15) is 0 Å². The second-order valence-corrected chi connectivity index (χ2v) is 7.94. The molecule has 0 aromatic heterocycles. The molecule has 0 spiro atoms. The summed E-state index contributed by atoms with van der Waals surface area (Å²) < 4.78 is 0. The molecule has 4 rings (SSSR count). The third-order valence-electron chi connectivity index (χ3n) is 5.97. The van der Waals surface area contributed by atoms with Crippen molar-refractivity contribution in [3.8, 4) is 0 Å². The van der Waals surface area contributed by atoms with Crippen LogP contribution >= 0.6 is 0 Å². The molecule has 0 saturated heterocycles. The summed E-state index contributed by atoms with van der Waals surface area (Å²) in [5, 5.41) is 3.27. The number of carbonyl (C=O) groups excluding carboxylic acids is 2. The topological polar surface area (TPSA) is 49.4 Å². The van der Waals surface area contributed by atoms with E-state index in [1.165, 1.54) is 32.1 Å². The van der Waals surface area contributed by atoms with E-state index in [0.29, 0.717) is 12.0 Å². The van der Waals surface area contributed by atoms with Crippen LogP contribution in [0, 0.1) is 0 Å². The number of hydrogen-bond acceptors (Lipinski definition) is 2. The van der Waals surface area contributed by atoms with Gasteiger partial charge in [-0.15, -0.1) is 0 Å². The summed E-state index contributed by atoms with van der Waals surface area (Å²) in [5.41, 5.74) is 2.53. The van der Waals surface area contributed by atoms with E-state index < -0.39 is 6.04 Å². The first kappa shape index (κ1) is 18.7. The lowest BCUT2D eigenvalue weighted by atomic mass is 9.96. The fraction of sp³-hybridized carbons (Fsp3) is 0.417. The number of para-hydroxylation sites is 1. The van der Waals surface area contributed by atoms with Crippen molar-refractivity contribution in [3.05, 3.63) is 65.7 Å². The minimum Gasteiger partial charge on any atom is -0.352 e. The van der Waals surface area contributed by atoms with Gasteiger partial charge in [0.1, 0.15) is 6.04 Å². The Labute approximate surface area is 166 Å². The molecule has 1 atom stereocenters. The highest BCUT2D eigenvalue weighted by Crippen LogP contribution is 2.33. The van der Waals surface area contributed by atoms with Crippen molar-refractivity contribution in [2.45, 2.75) is 63.5 Å². The maximum absolute atomic E-state index is 13.3. The van der Waals surface area contributed by atoms with E-state index in [9.17, 15) is 9.59 Å². The zero-order valence-electron chi connectivity index (χ0n) is 16.3. The first-order valence-corrected chi connectivity index (χ1v) is 10.5. The van der Waals surface area contributed by atoms with Gasteiger partial charge in [-0.3, -0.25) is 14.5 Å². The van der Waals surface area contributed by atoms with E-state index in [4.69, 9.17) is 0 Å². The van der Waals surface area contributed by atoms with Crippen molar-refractivity contribution in [1.82, 2.24) is 5.32 Å². The van der Waals surface area contributed by atoms with Crippen LogP contribution in [0.3, 0.4) is 0 Å². The zero-order valence-corrected chi connectivity index (χ0v) is 16.3. The Morgan fingerprint density at radius 3 is 2.21 bits per heavy atom. The van der Waals surface area contributed by atoms with Gasteiger partial charge in [-0.1, -0.05) is 68.5 Å². The average molecular weight is 377 g/mol. The molecule has 0 bridgehead atoms. The second kappa shape index (κ2) is 8.59. The quantitative estimate of drug-likeness (QED) is 0.858. The van der Waals surface area contributed by atoms with E-state index in [0.717, 1.165) is 24.1 Å². The van der Waals surface area contributed by atoms with Crippen molar-refractivity contribution < 1.29 is 9.59 Å². The van der Waals surface area contributed by atoms with Gasteiger partial charge >= 0.3 is 0 Å². The Morgan fingerprint density at radius 1 is 0.821 bits per heavy atom. The predicted octanol–water partition coefficient (Wildman–Crippen LogP) is 4.49. The van der Waals surface area contributed by atoms with E-state index in [1.54, 1.807) is 4.90 Å². The molecule has 2 aromatic rings. The van der Waals surface area contributed by atoms with Gasteiger partial charge in [0, 0.05) is 23.7 Å². The number of fused-ring (bicyclic) bond motifs is 1. The maximum atomic E-state index is 13.3. The van der Waals surface area contributed by atoms with Crippen molar-refractivity contribution in [3.63, 3.8) is 0 Å². The molecule has 1 fully saturated rings. The predicted molar refractivity (Wildman–Crippen MR) is 111 cm³/mol. The maximum Gasteiger partial charge on any atom is 0.259 e. The molecular formula is C24H28N2O2.